The Kier molecular flexibility index (Phi) is 6.62. The molecule has 1 unspecified atom stereocenters. The van der Waals surface area contributed by atoms with Crippen molar-refractivity contribution in [2.75, 3.05) is 13.2 Å². The van der Waals surface area contributed by atoms with Gasteiger partial charge in [0.15, 0.2) is 13.2 Å². The Morgan fingerprint density at radius 3 is 2.58 bits per heavy atom. The molecule has 0 bridgehead atoms. The Morgan fingerprint density at radius 1 is 1.19 bits per heavy atom. The first kappa shape index (κ1) is 22.3. The first-order chi connectivity index (χ1) is 14.7. The van der Waals surface area contributed by atoms with Gasteiger partial charge in [-0.2, -0.15) is 13.9 Å². The lowest BCUT2D eigenvalue weighted by molar-refractivity contribution is -0.121. The van der Waals surface area contributed by atoms with Crippen LogP contribution in [0.15, 0.2) is 47.6 Å². The van der Waals surface area contributed by atoms with Gasteiger partial charge in [-0.3, -0.25) is 4.79 Å². The second-order valence-electron chi connectivity index (χ2n) is 7.27. The summed E-state index contributed by atoms with van der Waals surface area (Å²) in [5.41, 5.74) is 3.03. The Hall–Kier alpha value is -3.36. The van der Waals surface area contributed by atoms with Crippen LogP contribution in [0.25, 0.3) is 0 Å². The van der Waals surface area contributed by atoms with Crippen LogP contribution in [0.4, 0.5) is 13.2 Å². The number of benzene rings is 2. The van der Waals surface area contributed by atoms with Crippen molar-refractivity contribution in [3.8, 4) is 5.75 Å². The molecule has 0 fully saturated rings. The zero-order valence-corrected chi connectivity index (χ0v) is 17.0. The summed E-state index contributed by atoms with van der Waals surface area (Å²) in [7, 11) is 0. The van der Waals surface area contributed by atoms with E-state index in [0.29, 0.717) is 5.71 Å². The maximum Gasteiger partial charge on any atom is 0.338 e. The van der Waals surface area contributed by atoms with Crippen molar-refractivity contribution in [2.24, 2.45) is 11.0 Å². The summed E-state index contributed by atoms with van der Waals surface area (Å²) >= 11 is 0. The molecular formula is C22H21F3N2O4. The van der Waals surface area contributed by atoms with Crippen LogP contribution >= 0.6 is 0 Å². The predicted molar refractivity (Wildman–Crippen MR) is 107 cm³/mol. The molecule has 0 spiro atoms. The number of halogens is 3. The van der Waals surface area contributed by atoms with Crippen LogP contribution in [0.1, 0.15) is 34.8 Å². The summed E-state index contributed by atoms with van der Waals surface area (Å²) in [5.74, 6) is -5.64. The zero-order valence-electron chi connectivity index (χ0n) is 17.0. The van der Waals surface area contributed by atoms with Crippen LogP contribution in [0.5, 0.6) is 5.75 Å². The van der Waals surface area contributed by atoms with Crippen LogP contribution < -0.4 is 10.2 Å². The number of amides is 1. The zero-order chi connectivity index (χ0) is 22.6. The van der Waals surface area contributed by atoms with Crippen LogP contribution in [0, 0.1) is 18.7 Å². The van der Waals surface area contributed by atoms with Crippen LogP contribution in [-0.4, -0.2) is 36.7 Å². The highest BCUT2D eigenvalue weighted by Gasteiger charge is 2.33. The van der Waals surface area contributed by atoms with Crippen molar-refractivity contribution in [3.05, 3.63) is 65.0 Å². The third-order valence-corrected chi connectivity index (χ3v) is 4.73. The molecule has 0 saturated carbocycles. The van der Waals surface area contributed by atoms with Gasteiger partial charge in [-0.25, -0.2) is 14.6 Å². The highest BCUT2D eigenvalue weighted by molar-refractivity contribution is 6.06. The number of nitrogens with one attached hydrogen (secondary N) is 1. The third kappa shape index (κ3) is 5.42. The lowest BCUT2D eigenvalue weighted by Gasteiger charge is -2.21. The first-order valence-electron chi connectivity index (χ1n) is 9.56. The van der Waals surface area contributed by atoms with Crippen molar-refractivity contribution in [3.63, 3.8) is 0 Å². The summed E-state index contributed by atoms with van der Waals surface area (Å²) in [6, 6.07) is 10.5. The number of hydrogen-bond acceptors (Lipinski definition) is 5. The summed E-state index contributed by atoms with van der Waals surface area (Å²) in [4.78, 5) is 23.2. The topological polar surface area (TPSA) is 77.0 Å². The van der Waals surface area contributed by atoms with E-state index in [9.17, 15) is 22.8 Å². The Bertz CT molecular complexity index is 1010. The molecule has 0 aliphatic carbocycles. The second-order valence-corrected chi connectivity index (χ2v) is 7.27. The van der Waals surface area contributed by atoms with E-state index in [1.165, 1.54) is 31.2 Å². The number of carbonyl (C=O) groups excluding carboxylic acids is 2. The van der Waals surface area contributed by atoms with E-state index in [1.54, 1.807) is 25.1 Å². The van der Waals surface area contributed by atoms with Crippen LogP contribution in [0.2, 0.25) is 0 Å². The minimum absolute atomic E-state index is 0.0291. The van der Waals surface area contributed by atoms with E-state index in [4.69, 9.17) is 4.74 Å². The molecule has 1 amide bonds. The number of esters is 1. The highest BCUT2D eigenvalue weighted by Crippen LogP contribution is 2.28. The van der Waals surface area contributed by atoms with E-state index >= 15 is 0 Å². The number of carbonyl (C=O) groups is 2. The number of hydrazone groups is 1. The molecule has 2 aromatic rings. The van der Waals surface area contributed by atoms with Gasteiger partial charge in [-0.1, -0.05) is 25.1 Å². The lowest BCUT2D eigenvalue weighted by Crippen LogP contribution is -2.33. The Morgan fingerprint density at radius 2 is 1.90 bits per heavy atom. The molecule has 1 aliphatic rings. The van der Waals surface area contributed by atoms with Gasteiger partial charge in [0.2, 0.25) is 5.91 Å². The van der Waals surface area contributed by atoms with E-state index in [2.05, 4.69) is 15.3 Å². The van der Waals surface area contributed by atoms with Crippen molar-refractivity contribution in [1.82, 2.24) is 5.43 Å². The van der Waals surface area contributed by atoms with Gasteiger partial charge in [-0.05, 0) is 31.2 Å². The van der Waals surface area contributed by atoms with Gasteiger partial charge in [-0.15, -0.1) is 0 Å². The van der Waals surface area contributed by atoms with Crippen LogP contribution in [-0.2, 0) is 9.53 Å². The highest BCUT2D eigenvalue weighted by atomic mass is 19.3. The van der Waals surface area contributed by atoms with Crippen molar-refractivity contribution >= 4 is 17.6 Å². The predicted octanol–water partition coefficient (Wildman–Crippen LogP) is 3.87. The molecule has 31 heavy (non-hydrogen) atoms. The van der Waals surface area contributed by atoms with E-state index in [1.807, 2.05) is 0 Å². The SMILES string of the molecule is Cc1c(OCC(F)(F)COC(=O)c2ccccc2)ccc(C2=NNC(=O)CC2C)c1F. The number of alkyl halides is 2. The first-order valence-corrected chi connectivity index (χ1v) is 9.56. The fourth-order valence-electron chi connectivity index (χ4n) is 3.05. The molecule has 0 saturated heterocycles. The molecule has 164 valence electrons. The standard InChI is InChI=1S/C22H21F3N2O4/c1-13-10-18(28)26-27-20(13)16-8-9-17(14(2)19(16)23)30-11-22(24,25)12-31-21(29)15-6-4-3-5-7-15/h3-9,13H,10-12H2,1-2H3,(H,26,28). The molecular weight excluding hydrogens is 413 g/mol. The fraction of sp³-hybridized carbons (Fsp3) is 0.318. The number of ether oxygens (including phenoxy) is 2. The molecule has 3 rings (SSSR count). The lowest BCUT2D eigenvalue weighted by atomic mass is 9.92. The average molecular weight is 434 g/mol. The number of hydrogen-bond donors (Lipinski definition) is 1. The van der Waals surface area contributed by atoms with Gasteiger partial charge in [0.05, 0.1) is 11.3 Å². The molecule has 1 N–H and O–H groups in total. The van der Waals surface area contributed by atoms with Crippen LogP contribution in [0.3, 0.4) is 0 Å². The van der Waals surface area contributed by atoms with Gasteiger partial charge in [0.25, 0.3) is 0 Å². The van der Waals surface area contributed by atoms with E-state index < -0.39 is 30.9 Å². The van der Waals surface area contributed by atoms with Gasteiger partial charge < -0.3 is 9.47 Å². The Balaban J connectivity index is 1.64. The molecule has 6 nitrogen and oxygen atoms in total. The number of nitrogens with zero attached hydrogens (tertiary/aromatic N) is 1. The second kappa shape index (κ2) is 9.20. The summed E-state index contributed by atoms with van der Waals surface area (Å²) < 4.78 is 52.9. The molecule has 1 aliphatic heterocycles. The minimum atomic E-state index is -3.47. The normalized spacial score (nSPS) is 16.4. The van der Waals surface area contributed by atoms with E-state index in [0.717, 1.165) is 0 Å². The van der Waals surface area contributed by atoms with Crippen molar-refractivity contribution in [1.29, 1.82) is 0 Å². The summed E-state index contributed by atoms with van der Waals surface area (Å²) in [6.45, 7) is 0.874. The van der Waals surface area contributed by atoms with Gasteiger partial charge in [0, 0.05) is 23.5 Å². The summed E-state index contributed by atoms with van der Waals surface area (Å²) in [5, 5.41) is 3.91. The smallest absolute Gasteiger partial charge is 0.338 e. The number of rotatable bonds is 7. The fourth-order valence-corrected chi connectivity index (χ4v) is 3.05. The van der Waals surface area contributed by atoms with Crippen molar-refractivity contribution < 1.29 is 32.2 Å². The van der Waals surface area contributed by atoms with Gasteiger partial charge >= 0.3 is 11.9 Å². The van der Waals surface area contributed by atoms with Crippen molar-refractivity contribution in [2.45, 2.75) is 26.2 Å². The minimum Gasteiger partial charge on any atom is -0.487 e. The van der Waals surface area contributed by atoms with E-state index in [-0.39, 0.29) is 40.7 Å². The molecule has 1 heterocycles. The average Bonchev–Trinajstić information content (AvgIpc) is 2.74. The van der Waals surface area contributed by atoms with Gasteiger partial charge in [0.1, 0.15) is 11.6 Å². The summed E-state index contributed by atoms with van der Waals surface area (Å²) in [6.07, 6.45) is 0.170. The largest absolute Gasteiger partial charge is 0.487 e. The molecule has 9 heteroatoms. The molecule has 2 aromatic carbocycles. The maximum absolute atomic E-state index is 14.8. The Labute approximate surface area is 177 Å². The quantitative estimate of drug-likeness (QED) is 0.672. The molecule has 0 radical (unpaired) electrons. The molecule has 0 aromatic heterocycles. The monoisotopic (exact) mass is 434 g/mol. The molecule has 1 atom stereocenters. The third-order valence-electron chi connectivity index (χ3n) is 4.73. The maximum atomic E-state index is 14.8.